The number of ether oxygens (including phenoxy) is 4. The van der Waals surface area contributed by atoms with E-state index in [4.69, 9.17) is 18.9 Å². The number of likely N-dealkylation sites (tertiary alicyclic amines) is 2. The SMILES string of the molecule is CC1(C)OC(c2ccccc2)C2(CCN(CCOc3ccccc3C(F)(F)F)CC2)O1.OC(c1ccccc1)C1(O)CCN(CCOc2ccccc2C(F)(F)F)CC1. The second-order valence-corrected chi connectivity index (χ2v) is 15.8. The van der Waals surface area contributed by atoms with Crippen LogP contribution >= 0.6 is 0 Å². The molecule has 1 spiro atoms. The van der Waals surface area contributed by atoms with Gasteiger partial charge in [-0.05, 0) is 74.9 Å². The van der Waals surface area contributed by atoms with Gasteiger partial charge in [-0.3, -0.25) is 9.80 Å². The van der Waals surface area contributed by atoms with Gasteiger partial charge in [0, 0.05) is 39.3 Å². The van der Waals surface area contributed by atoms with Crippen LogP contribution in [0.1, 0.15) is 74.0 Å². The van der Waals surface area contributed by atoms with E-state index in [0.29, 0.717) is 44.6 Å². The number of aliphatic hydroxyl groups is 2. The van der Waals surface area contributed by atoms with Crippen molar-refractivity contribution in [2.24, 2.45) is 0 Å². The molecule has 3 aliphatic heterocycles. The number of halogens is 6. The molecule has 3 fully saturated rings. The lowest BCUT2D eigenvalue weighted by Gasteiger charge is -2.41. The summed E-state index contributed by atoms with van der Waals surface area (Å²) < 4.78 is 102. The van der Waals surface area contributed by atoms with E-state index < -0.39 is 46.6 Å². The molecule has 4 aromatic rings. The molecule has 0 radical (unpaired) electrons. The fourth-order valence-corrected chi connectivity index (χ4v) is 8.08. The zero-order chi connectivity index (χ0) is 42.3. The van der Waals surface area contributed by atoms with Gasteiger partial charge in [-0.2, -0.15) is 26.3 Å². The van der Waals surface area contributed by atoms with Crippen molar-refractivity contribution < 1.29 is 55.5 Å². The van der Waals surface area contributed by atoms with Gasteiger partial charge in [-0.15, -0.1) is 0 Å². The smallest absolute Gasteiger partial charge is 0.419 e. The molecule has 2 unspecified atom stereocenters. The molecule has 59 heavy (non-hydrogen) atoms. The first kappa shape index (κ1) is 44.4. The van der Waals surface area contributed by atoms with Gasteiger partial charge in [0.05, 0.1) is 16.7 Å². The average molecular weight is 831 g/mol. The van der Waals surface area contributed by atoms with Gasteiger partial charge in [0.25, 0.3) is 0 Å². The average Bonchev–Trinajstić information content (AvgIpc) is 3.49. The number of piperidine rings is 2. The van der Waals surface area contributed by atoms with E-state index in [-0.39, 0.29) is 30.8 Å². The van der Waals surface area contributed by atoms with E-state index in [1.165, 1.54) is 30.3 Å². The Labute approximate surface area is 341 Å². The molecule has 3 saturated heterocycles. The fraction of sp³-hybridized carbons (Fsp3) is 0.467. The second-order valence-electron chi connectivity index (χ2n) is 15.8. The molecule has 2 N–H and O–H groups in total. The summed E-state index contributed by atoms with van der Waals surface area (Å²) in [5, 5.41) is 21.3. The third-order valence-corrected chi connectivity index (χ3v) is 11.2. The first-order chi connectivity index (χ1) is 28.0. The quantitative estimate of drug-likeness (QED) is 0.145. The summed E-state index contributed by atoms with van der Waals surface area (Å²) in [7, 11) is 0. The third kappa shape index (κ3) is 11.4. The predicted octanol–water partition coefficient (Wildman–Crippen LogP) is 9.09. The van der Waals surface area contributed by atoms with Gasteiger partial charge < -0.3 is 29.2 Å². The number of alkyl halides is 6. The van der Waals surface area contributed by atoms with Crippen LogP contribution in [-0.2, 0) is 21.8 Å². The molecular formula is C45H52F6N2O6. The van der Waals surface area contributed by atoms with Crippen LogP contribution in [0.4, 0.5) is 26.3 Å². The summed E-state index contributed by atoms with van der Waals surface area (Å²) >= 11 is 0. The summed E-state index contributed by atoms with van der Waals surface area (Å²) in [5.74, 6) is -0.961. The monoisotopic (exact) mass is 830 g/mol. The zero-order valence-electron chi connectivity index (χ0n) is 33.2. The van der Waals surface area contributed by atoms with Crippen LogP contribution in [-0.4, -0.2) is 89.5 Å². The first-order valence-corrected chi connectivity index (χ1v) is 19.9. The van der Waals surface area contributed by atoms with E-state index in [2.05, 4.69) is 17.0 Å². The highest BCUT2D eigenvalue weighted by Crippen LogP contribution is 2.51. The molecule has 320 valence electrons. The largest absolute Gasteiger partial charge is 0.492 e. The lowest BCUT2D eigenvalue weighted by molar-refractivity contribution is -0.171. The van der Waals surface area contributed by atoms with E-state index in [1.54, 1.807) is 18.2 Å². The molecule has 14 heteroatoms. The van der Waals surface area contributed by atoms with Crippen molar-refractivity contribution in [1.82, 2.24) is 9.80 Å². The summed E-state index contributed by atoms with van der Waals surface area (Å²) in [5.41, 5.74) is -1.35. The molecule has 7 rings (SSSR count). The molecule has 3 aliphatic rings. The van der Waals surface area contributed by atoms with Gasteiger partial charge in [0.2, 0.25) is 0 Å². The molecule has 0 aliphatic carbocycles. The van der Waals surface area contributed by atoms with Gasteiger partial charge in [-0.1, -0.05) is 84.9 Å². The van der Waals surface area contributed by atoms with Crippen LogP contribution in [0.25, 0.3) is 0 Å². The number of aliphatic hydroxyl groups excluding tert-OH is 1. The minimum Gasteiger partial charge on any atom is -0.492 e. The van der Waals surface area contributed by atoms with Gasteiger partial charge in [0.1, 0.15) is 42.5 Å². The fourth-order valence-electron chi connectivity index (χ4n) is 8.08. The Kier molecular flexibility index (Phi) is 14.0. The van der Waals surface area contributed by atoms with Crippen LogP contribution in [0.3, 0.4) is 0 Å². The maximum Gasteiger partial charge on any atom is 0.419 e. The van der Waals surface area contributed by atoms with Crippen molar-refractivity contribution in [3.8, 4) is 11.5 Å². The second kappa shape index (κ2) is 18.6. The molecule has 0 saturated carbocycles. The molecule has 2 atom stereocenters. The maximum absolute atomic E-state index is 13.1. The Bertz CT molecular complexity index is 1910. The summed E-state index contributed by atoms with van der Waals surface area (Å²) in [6, 6.07) is 29.6. The van der Waals surface area contributed by atoms with Crippen molar-refractivity contribution in [2.75, 3.05) is 52.5 Å². The van der Waals surface area contributed by atoms with Crippen LogP contribution in [0, 0.1) is 0 Å². The van der Waals surface area contributed by atoms with Crippen LogP contribution in [0.5, 0.6) is 11.5 Å². The zero-order valence-corrected chi connectivity index (χ0v) is 33.2. The van der Waals surface area contributed by atoms with Gasteiger partial charge >= 0.3 is 12.4 Å². The number of nitrogens with zero attached hydrogens (tertiary/aromatic N) is 2. The normalized spacial score (nSPS) is 21.0. The molecule has 3 heterocycles. The van der Waals surface area contributed by atoms with Gasteiger partial charge in [-0.25, -0.2) is 0 Å². The van der Waals surface area contributed by atoms with Crippen LogP contribution < -0.4 is 9.47 Å². The van der Waals surface area contributed by atoms with E-state index >= 15 is 0 Å². The molecule has 0 amide bonds. The molecule has 8 nitrogen and oxygen atoms in total. The Morgan fingerprint density at radius 2 is 1.07 bits per heavy atom. The van der Waals surface area contributed by atoms with Crippen LogP contribution in [0.15, 0.2) is 109 Å². The van der Waals surface area contributed by atoms with Crippen molar-refractivity contribution in [1.29, 1.82) is 0 Å². The number of para-hydroxylation sites is 2. The third-order valence-electron chi connectivity index (χ3n) is 11.2. The summed E-state index contributed by atoms with van der Waals surface area (Å²) in [6.07, 6.45) is -7.65. The Morgan fingerprint density at radius 3 is 1.54 bits per heavy atom. The highest BCUT2D eigenvalue weighted by atomic mass is 19.4. The van der Waals surface area contributed by atoms with E-state index in [9.17, 15) is 36.6 Å². The Balaban J connectivity index is 0.000000199. The highest BCUT2D eigenvalue weighted by Gasteiger charge is 2.54. The van der Waals surface area contributed by atoms with Crippen molar-refractivity contribution in [2.45, 2.75) is 81.1 Å². The number of rotatable bonds is 11. The minimum atomic E-state index is -4.45. The lowest BCUT2D eigenvalue weighted by Crippen LogP contribution is -2.48. The molecule has 0 bridgehead atoms. The first-order valence-electron chi connectivity index (χ1n) is 19.9. The van der Waals surface area contributed by atoms with Gasteiger partial charge in [0.15, 0.2) is 5.79 Å². The Hall–Kier alpha value is -4.18. The number of benzene rings is 4. The Morgan fingerprint density at radius 1 is 0.644 bits per heavy atom. The van der Waals surface area contributed by atoms with E-state index in [1.807, 2.05) is 55.1 Å². The standard InChI is InChI=1S/C24H28F3NO3.C21H24F3NO3/c1-22(2)30-21(18-8-4-3-5-9-18)23(31-22)12-14-28(15-13-23)16-17-29-20-11-7-6-10-19(20)24(25,26)27;22-21(23,24)17-8-4-5-9-18(17)28-15-14-25-12-10-20(27,11-13-25)19(26)16-6-2-1-3-7-16/h3-11,21H,12-17H2,1-2H3;1-9,19,26-27H,10-15H2. The predicted molar refractivity (Wildman–Crippen MR) is 210 cm³/mol. The summed E-state index contributed by atoms with van der Waals surface area (Å²) in [4.78, 5) is 4.22. The summed E-state index contributed by atoms with van der Waals surface area (Å²) in [6.45, 7) is 7.81. The molecule has 0 aromatic heterocycles. The van der Waals surface area contributed by atoms with Crippen molar-refractivity contribution in [3.05, 3.63) is 131 Å². The number of hydrogen-bond donors (Lipinski definition) is 2. The van der Waals surface area contributed by atoms with Crippen molar-refractivity contribution in [3.63, 3.8) is 0 Å². The minimum absolute atomic E-state index is 0.118. The molecular weight excluding hydrogens is 778 g/mol. The highest BCUT2D eigenvalue weighted by molar-refractivity contribution is 5.36. The maximum atomic E-state index is 13.1. The number of hydrogen-bond acceptors (Lipinski definition) is 8. The lowest BCUT2D eigenvalue weighted by atomic mass is 9.82. The molecule has 4 aromatic carbocycles. The van der Waals surface area contributed by atoms with Crippen LogP contribution in [0.2, 0.25) is 0 Å². The topological polar surface area (TPSA) is 83.9 Å². The van der Waals surface area contributed by atoms with Crippen molar-refractivity contribution >= 4 is 0 Å². The van der Waals surface area contributed by atoms with E-state index in [0.717, 1.165) is 43.6 Å².